The van der Waals surface area contributed by atoms with E-state index in [2.05, 4.69) is 15.5 Å². The summed E-state index contributed by atoms with van der Waals surface area (Å²) >= 11 is 0. The Morgan fingerprint density at radius 1 is 1.06 bits per heavy atom. The molecule has 1 saturated heterocycles. The highest BCUT2D eigenvalue weighted by Crippen LogP contribution is 2.35. The van der Waals surface area contributed by atoms with Crippen LogP contribution in [0.2, 0.25) is 0 Å². The van der Waals surface area contributed by atoms with E-state index in [9.17, 15) is 18.0 Å². The van der Waals surface area contributed by atoms with Crippen molar-refractivity contribution in [3.63, 3.8) is 0 Å². The van der Waals surface area contributed by atoms with Crippen LogP contribution in [0.4, 0.5) is 23.7 Å². The molecule has 0 spiro atoms. The molecule has 3 heterocycles. The standard InChI is InChI=1S/C22H19F3N4O4/c23-22(24,25)15-5-3-13(4-6-15)19-27-28-20(33-19)14-2-1-9-29(11-14)21(30)26-16-7-8-17-18(10-16)32-12-31-17/h3-8,10,14H,1-2,9,11-12H2,(H,26,30). The largest absolute Gasteiger partial charge is 0.454 e. The van der Waals surface area contributed by atoms with Crippen LogP contribution in [0.3, 0.4) is 0 Å². The molecule has 1 N–H and O–H groups in total. The average Bonchev–Trinajstić information content (AvgIpc) is 3.48. The lowest BCUT2D eigenvalue weighted by Crippen LogP contribution is -2.41. The van der Waals surface area contributed by atoms with E-state index in [1.165, 1.54) is 12.1 Å². The van der Waals surface area contributed by atoms with Gasteiger partial charge in [0.15, 0.2) is 11.5 Å². The van der Waals surface area contributed by atoms with Crippen molar-refractivity contribution in [2.45, 2.75) is 24.9 Å². The van der Waals surface area contributed by atoms with Gasteiger partial charge >= 0.3 is 12.2 Å². The molecule has 2 aromatic carbocycles. The minimum Gasteiger partial charge on any atom is -0.454 e. The molecule has 1 aromatic heterocycles. The number of ether oxygens (including phenoxy) is 2. The molecule has 0 radical (unpaired) electrons. The first-order valence-corrected chi connectivity index (χ1v) is 10.3. The predicted octanol–water partition coefficient (Wildman–Crippen LogP) is 4.90. The van der Waals surface area contributed by atoms with Crippen LogP contribution in [0.25, 0.3) is 11.5 Å². The number of likely N-dealkylation sites (tertiary alicyclic amines) is 1. The number of rotatable bonds is 3. The topological polar surface area (TPSA) is 89.7 Å². The molecule has 1 atom stereocenters. The number of anilines is 1. The summed E-state index contributed by atoms with van der Waals surface area (Å²) in [7, 11) is 0. The molecule has 0 aliphatic carbocycles. The fourth-order valence-electron chi connectivity index (χ4n) is 3.86. The van der Waals surface area contributed by atoms with E-state index in [1.54, 1.807) is 23.1 Å². The van der Waals surface area contributed by atoms with Gasteiger partial charge in [0.05, 0.1) is 11.5 Å². The van der Waals surface area contributed by atoms with Gasteiger partial charge in [-0.15, -0.1) is 10.2 Å². The van der Waals surface area contributed by atoms with Gasteiger partial charge in [-0.3, -0.25) is 0 Å². The van der Waals surface area contributed by atoms with Gasteiger partial charge in [-0.1, -0.05) is 0 Å². The lowest BCUT2D eigenvalue weighted by atomic mass is 9.98. The molecule has 8 nitrogen and oxygen atoms in total. The molecule has 1 fully saturated rings. The van der Waals surface area contributed by atoms with Gasteiger partial charge in [-0.05, 0) is 49.2 Å². The van der Waals surface area contributed by atoms with Gasteiger partial charge in [-0.25, -0.2) is 4.79 Å². The van der Waals surface area contributed by atoms with E-state index in [1.807, 2.05) is 0 Å². The van der Waals surface area contributed by atoms with Crippen molar-refractivity contribution in [1.29, 1.82) is 0 Å². The first-order chi connectivity index (χ1) is 15.9. The van der Waals surface area contributed by atoms with Crippen molar-refractivity contribution in [2.24, 2.45) is 0 Å². The Kier molecular flexibility index (Phi) is 5.31. The van der Waals surface area contributed by atoms with Crippen LogP contribution in [-0.4, -0.2) is 41.0 Å². The monoisotopic (exact) mass is 460 g/mol. The lowest BCUT2D eigenvalue weighted by Gasteiger charge is -2.31. The fourth-order valence-corrected chi connectivity index (χ4v) is 3.86. The number of halogens is 3. The zero-order valence-corrected chi connectivity index (χ0v) is 17.3. The van der Waals surface area contributed by atoms with E-state index in [0.29, 0.717) is 41.7 Å². The van der Waals surface area contributed by atoms with Crippen molar-refractivity contribution < 1.29 is 31.9 Å². The Bertz CT molecular complexity index is 1160. The van der Waals surface area contributed by atoms with E-state index in [0.717, 1.165) is 25.0 Å². The number of nitrogens with zero attached hydrogens (tertiary/aromatic N) is 3. The quantitative estimate of drug-likeness (QED) is 0.598. The zero-order chi connectivity index (χ0) is 23.0. The molecule has 3 aromatic rings. The van der Waals surface area contributed by atoms with Crippen LogP contribution in [-0.2, 0) is 6.18 Å². The second-order valence-corrected chi connectivity index (χ2v) is 7.80. The normalized spacial score (nSPS) is 17.8. The van der Waals surface area contributed by atoms with Crippen LogP contribution in [0.5, 0.6) is 11.5 Å². The summed E-state index contributed by atoms with van der Waals surface area (Å²) in [6.45, 7) is 1.11. The summed E-state index contributed by atoms with van der Waals surface area (Å²) in [6.07, 6.45) is -2.91. The number of hydrogen-bond donors (Lipinski definition) is 1. The van der Waals surface area contributed by atoms with Gasteiger partial charge in [0.2, 0.25) is 18.6 Å². The first-order valence-electron chi connectivity index (χ1n) is 10.3. The van der Waals surface area contributed by atoms with E-state index >= 15 is 0 Å². The number of nitrogens with one attached hydrogen (secondary N) is 1. The Balaban J connectivity index is 1.24. The van der Waals surface area contributed by atoms with Gasteiger partial charge in [0.25, 0.3) is 0 Å². The molecule has 11 heteroatoms. The fraction of sp³-hybridized carbons (Fsp3) is 0.318. The summed E-state index contributed by atoms with van der Waals surface area (Å²) < 4.78 is 54.6. The first kappa shape index (κ1) is 21.1. The number of fused-ring (bicyclic) bond motifs is 1. The maximum absolute atomic E-state index is 12.8. The Morgan fingerprint density at radius 3 is 2.64 bits per heavy atom. The van der Waals surface area contributed by atoms with E-state index in [4.69, 9.17) is 13.9 Å². The summed E-state index contributed by atoms with van der Waals surface area (Å²) in [4.78, 5) is 14.4. The molecule has 2 amide bonds. The second kappa shape index (κ2) is 8.30. The summed E-state index contributed by atoms with van der Waals surface area (Å²) in [5, 5.41) is 10.9. The number of carbonyl (C=O) groups is 1. The van der Waals surface area contributed by atoms with E-state index < -0.39 is 11.7 Å². The SMILES string of the molecule is O=C(Nc1ccc2c(c1)OCO2)N1CCCC(c2nnc(-c3ccc(C(F)(F)F)cc3)o2)C1. The van der Waals surface area contributed by atoms with Crippen molar-refractivity contribution in [2.75, 3.05) is 25.2 Å². The highest BCUT2D eigenvalue weighted by Gasteiger charge is 2.31. The van der Waals surface area contributed by atoms with Crippen molar-refractivity contribution in [3.8, 4) is 23.0 Å². The predicted molar refractivity (Wildman–Crippen MR) is 110 cm³/mol. The third-order valence-corrected chi connectivity index (χ3v) is 5.58. The Hall–Kier alpha value is -3.76. The molecule has 2 aliphatic rings. The number of amides is 2. The molecule has 172 valence electrons. The summed E-state index contributed by atoms with van der Waals surface area (Å²) in [5.74, 6) is 1.53. The highest BCUT2D eigenvalue weighted by atomic mass is 19.4. The molecular weight excluding hydrogens is 441 g/mol. The molecule has 0 saturated carbocycles. The van der Waals surface area contributed by atoms with Crippen LogP contribution < -0.4 is 14.8 Å². The number of alkyl halides is 3. The van der Waals surface area contributed by atoms with Crippen LogP contribution >= 0.6 is 0 Å². The average molecular weight is 460 g/mol. The van der Waals surface area contributed by atoms with Crippen molar-refractivity contribution in [3.05, 3.63) is 53.9 Å². The van der Waals surface area contributed by atoms with Gasteiger partial charge in [0, 0.05) is 30.4 Å². The third-order valence-electron chi connectivity index (χ3n) is 5.58. The van der Waals surface area contributed by atoms with Crippen LogP contribution in [0.1, 0.15) is 30.2 Å². The number of aromatic nitrogens is 2. The molecule has 0 bridgehead atoms. The summed E-state index contributed by atoms with van der Waals surface area (Å²) in [6, 6.07) is 9.46. The second-order valence-electron chi connectivity index (χ2n) is 7.80. The molecule has 1 unspecified atom stereocenters. The number of urea groups is 1. The van der Waals surface area contributed by atoms with Crippen molar-refractivity contribution >= 4 is 11.7 Å². The minimum atomic E-state index is -4.41. The van der Waals surface area contributed by atoms with Gasteiger partial charge in [-0.2, -0.15) is 13.2 Å². The van der Waals surface area contributed by atoms with Crippen LogP contribution in [0.15, 0.2) is 46.9 Å². The molecule has 2 aliphatic heterocycles. The number of hydrogen-bond acceptors (Lipinski definition) is 6. The summed E-state index contributed by atoms with van der Waals surface area (Å²) in [5.41, 5.74) is 0.242. The lowest BCUT2D eigenvalue weighted by molar-refractivity contribution is -0.137. The number of benzene rings is 2. The maximum Gasteiger partial charge on any atom is 0.416 e. The Morgan fingerprint density at radius 2 is 1.85 bits per heavy atom. The van der Waals surface area contributed by atoms with Gasteiger partial charge in [0.1, 0.15) is 0 Å². The highest BCUT2D eigenvalue weighted by molar-refractivity contribution is 5.89. The minimum absolute atomic E-state index is 0.139. The van der Waals surface area contributed by atoms with Gasteiger partial charge < -0.3 is 24.1 Å². The molecule has 5 rings (SSSR count). The zero-order valence-electron chi connectivity index (χ0n) is 17.3. The number of piperidine rings is 1. The van der Waals surface area contributed by atoms with Crippen LogP contribution in [0, 0.1) is 0 Å². The number of carbonyl (C=O) groups excluding carboxylic acids is 1. The third kappa shape index (κ3) is 4.43. The molecule has 33 heavy (non-hydrogen) atoms. The maximum atomic E-state index is 12.8. The Labute approximate surface area is 186 Å². The van der Waals surface area contributed by atoms with Crippen molar-refractivity contribution in [1.82, 2.24) is 15.1 Å². The smallest absolute Gasteiger partial charge is 0.416 e. The molecular formula is C22H19F3N4O4. The van der Waals surface area contributed by atoms with E-state index in [-0.39, 0.29) is 24.6 Å².